The average Bonchev–Trinajstić information content (AvgIpc) is 2.76. The second kappa shape index (κ2) is 4.90. The largest absolute Gasteiger partial charge is 0.486 e. The summed E-state index contributed by atoms with van der Waals surface area (Å²) in [6, 6.07) is 7.83. The van der Waals surface area contributed by atoms with Crippen LogP contribution in [0.1, 0.15) is 20.2 Å². The summed E-state index contributed by atoms with van der Waals surface area (Å²) in [5, 5.41) is 0.808. The Labute approximate surface area is 97.7 Å². The van der Waals surface area contributed by atoms with Crippen molar-refractivity contribution in [1.29, 1.82) is 0 Å². The molecule has 0 aliphatic carbocycles. The normalized spacial score (nSPS) is 10.1. The van der Waals surface area contributed by atoms with Crippen molar-refractivity contribution in [2.24, 2.45) is 0 Å². The average molecular weight is 233 g/mol. The van der Waals surface area contributed by atoms with Gasteiger partial charge in [-0.25, -0.2) is 4.98 Å². The van der Waals surface area contributed by atoms with Gasteiger partial charge in [0.2, 0.25) is 0 Å². The molecule has 0 saturated heterocycles. The van der Waals surface area contributed by atoms with Crippen LogP contribution in [0.3, 0.4) is 0 Å². The van der Waals surface area contributed by atoms with E-state index in [1.54, 1.807) is 6.20 Å². The molecule has 1 aromatic carbocycles. The van der Waals surface area contributed by atoms with E-state index in [4.69, 9.17) is 4.74 Å². The molecular formula is C12H11NO2S. The van der Waals surface area contributed by atoms with Gasteiger partial charge in [-0.1, -0.05) is 17.7 Å². The van der Waals surface area contributed by atoms with E-state index < -0.39 is 0 Å². The van der Waals surface area contributed by atoms with Crippen molar-refractivity contribution in [3.8, 4) is 5.75 Å². The predicted molar refractivity (Wildman–Crippen MR) is 63.0 cm³/mol. The van der Waals surface area contributed by atoms with Gasteiger partial charge in [0.1, 0.15) is 17.4 Å². The van der Waals surface area contributed by atoms with Crippen molar-refractivity contribution >= 4 is 17.6 Å². The number of rotatable bonds is 4. The second-order valence-corrected chi connectivity index (χ2v) is 4.52. The van der Waals surface area contributed by atoms with Crippen LogP contribution in [-0.4, -0.2) is 11.3 Å². The minimum absolute atomic E-state index is 0.404. The molecule has 0 spiro atoms. The molecule has 0 radical (unpaired) electrons. The summed E-state index contributed by atoms with van der Waals surface area (Å²) in [7, 11) is 0. The Morgan fingerprint density at radius 2 is 2.12 bits per heavy atom. The number of nitrogens with zero attached hydrogens (tertiary/aromatic N) is 1. The number of benzene rings is 1. The third-order valence-electron chi connectivity index (χ3n) is 2.07. The zero-order valence-electron chi connectivity index (χ0n) is 8.84. The highest BCUT2D eigenvalue weighted by atomic mass is 32.1. The maximum atomic E-state index is 10.5. The van der Waals surface area contributed by atoms with Crippen molar-refractivity contribution < 1.29 is 9.53 Å². The summed E-state index contributed by atoms with van der Waals surface area (Å²) < 4.78 is 5.54. The van der Waals surface area contributed by atoms with Gasteiger partial charge in [-0.2, -0.15) is 0 Å². The third-order valence-corrected chi connectivity index (χ3v) is 2.97. The first kappa shape index (κ1) is 10.8. The number of carbonyl (C=O) groups excluding carboxylic acids is 1. The van der Waals surface area contributed by atoms with Crippen LogP contribution in [0, 0.1) is 6.92 Å². The van der Waals surface area contributed by atoms with E-state index in [0.29, 0.717) is 11.5 Å². The van der Waals surface area contributed by atoms with Gasteiger partial charge in [-0.15, -0.1) is 11.3 Å². The molecule has 0 fully saturated rings. The van der Waals surface area contributed by atoms with Crippen molar-refractivity contribution in [2.75, 3.05) is 0 Å². The van der Waals surface area contributed by atoms with E-state index in [2.05, 4.69) is 4.98 Å². The Kier molecular flexibility index (Phi) is 3.31. The first-order chi connectivity index (χ1) is 7.78. The molecule has 1 heterocycles. The van der Waals surface area contributed by atoms with E-state index >= 15 is 0 Å². The summed E-state index contributed by atoms with van der Waals surface area (Å²) in [6.07, 6.45) is 2.36. The maximum Gasteiger partial charge on any atom is 0.161 e. The van der Waals surface area contributed by atoms with Crippen LogP contribution in [0.5, 0.6) is 5.75 Å². The zero-order chi connectivity index (χ0) is 11.4. The van der Waals surface area contributed by atoms with Crippen LogP contribution in [0.4, 0.5) is 0 Å². The molecule has 2 rings (SSSR count). The van der Waals surface area contributed by atoms with Gasteiger partial charge >= 0.3 is 0 Å². The van der Waals surface area contributed by atoms with Gasteiger partial charge in [0.15, 0.2) is 6.29 Å². The van der Waals surface area contributed by atoms with Crippen molar-refractivity contribution in [3.63, 3.8) is 0 Å². The standard InChI is InChI=1S/C12H11NO2S/c1-9-2-4-10(5-3-9)15-8-12-13-6-11(7-14)16-12/h2-7H,8H2,1H3. The minimum atomic E-state index is 0.404. The van der Waals surface area contributed by atoms with Gasteiger partial charge in [0.25, 0.3) is 0 Å². The first-order valence-electron chi connectivity index (χ1n) is 4.87. The fourth-order valence-electron chi connectivity index (χ4n) is 1.23. The number of aldehydes is 1. The lowest BCUT2D eigenvalue weighted by Crippen LogP contribution is -1.93. The molecule has 0 unspecified atom stereocenters. The summed E-state index contributed by atoms with van der Waals surface area (Å²) in [4.78, 5) is 15.2. The Morgan fingerprint density at radius 3 is 2.75 bits per heavy atom. The summed E-state index contributed by atoms with van der Waals surface area (Å²) in [6.45, 7) is 2.43. The molecule has 82 valence electrons. The Balaban J connectivity index is 1.96. The number of carbonyl (C=O) groups is 1. The Hall–Kier alpha value is -1.68. The van der Waals surface area contributed by atoms with Crippen molar-refractivity contribution in [3.05, 3.63) is 45.9 Å². The van der Waals surface area contributed by atoms with Crippen LogP contribution in [0.2, 0.25) is 0 Å². The van der Waals surface area contributed by atoms with Crippen LogP contribution in [-0.2, 0) is 6.61 Å². The molecule has 0 aliphatic rings. The Morgan fingerprint density at radius 1 is 1.38 bits per heavy atom. The van der Waals surface area contributed by atoms with Gasteiger partial charge in [-0.3, -0.25) is 4.79 Å². The third kappa shape index (κ3) is 2.67. The van der Waals surface area contributed by atoms with Gasteiger partial charge in [-0.05, 0) is 19.1 Å². The predicted octanol–water partition coefficient (Wildman–Crippen LogP) is 2.84. The lowest BCUT2D eigenvalue weighted by molar-refractivity contribution is 0.112. The van der Waals surface area contributed by atoms with E-state index in [-0.39, 0.29) is 0 Å². The molecule has 0 bridgehead atoms. The highest BCUT2D eigenvalue weighted by molar-refractivity contribution is 7.13. The fraction of sp³-hybridized carbons (Fsp3) is 0.167. The Bertz CT molecular complexity index is 476. The maximum absolute atomic E-state index is 10.5. The molecule has 2 aromatic rings. The number of hydrogen-bond acceptors (Lipinski definition) is 4. The van der Waals surface area contributed by atoms with Crippen molar-refractivity contribution in [1.82, 2.24) is 4.98 Å². The molecule has 0 atom stereocenters. The highest BCUT2D eigenvalue weighted by Gasteiger charge is 2.01. The quantitative estimate of drug-likeness (QED) is 0.762. The van der Waals surface area contributed by atoms with Gasteiger partial charge in [0, 0.05) is 6.20 Å². The van der Waals surface area contributed by atoms with Crippen molar-refractivity contribution in [2.45, 2.75) is 13.5 Å². The molecule has 0 saturated carbocycles. The van der Waals surface area contributed by atoms with Gasteiger partial charge < -0.3 is 4.74 Å². The molecule has 1 aromatic heterocycles. The summed E-state index contributed by atoms with van der Waals surface area (Å²) >= 11 is 1.35. The first-order valence-corrected chi connectivity index (χ1v) is 5.69. The molecule has 0 aliphatic heterocycles. The number of thiazole rings is 1. The fourth-order valence-corrected chi connectivity index (χ4v) is 1.87. The monoisotopic (exact) mass is 233 g/mol. The van der Waals surface area contributed by atoms with E-state index in [0.717, 1.165) is 17.0 Å². The van der Waals surface area contributed by atoms with E-state index in [9.17, 15) is 4.79 Å². The second-order valence-electron chi connectivity index (χ2n) is 3.38. The number of hydrogen-bond donors (Lipinski definition) is 0. The lowest BCUT2D eigenvalue weighted by Gasteiger charge is -2.03. The van der Waals surface area contributed by atoms with E-state index in [1.165, 1.54) is 16.9 Å². The summed E-state index contributed by atoms with van der Waals surface area (Å²) in [5.74, 6) is 0.813. The van der Waals surface area contributed by atoms with Crippen LogP contribution >= 0.6 is 11.3 Å². The number of aryl methyl sites for hydroxylation is 1. The molecule has 4 heteroatoms. The molecule has 3 nitrogen and oxygen atoms in total. The highest BCUT2D eigenvalue weighted by Crippen LogP contribution is 2.16. The molecule has 0 amide bonds. The molecule has 16 heavy (non-hydrogen) atoms. The smallest absolute Gasteiger partial charge is 0.161 e. The lowest BCUT2D eigenvalue weighted by atomic mass is 10.2. The molecular weight excluding hydrogens is 222 g/mol. The van der Waals surface area contributed by atoms with Gasteiger partial charge in [0.05, 0.1) is 4.88 Å². The van der Waals surface area contributed by atoms with Crippen LogP contribution in [0.25, 0.3) is 0 Å². The zero-order valence-corrected chi connectivity index (χ0v) is 9.66. The number of aromatic nitrogens is 1. The van der Waals surface area contributed by atoms with Crippen LogP contribution in [0.15, 0.2) is 30.5 Å². The molecule has 0 N–H and O–H groups in total. The minimum Gasteiger partial charge on any atom is -0.486 e. The SMILES string of the molecule is Cc1ccc(OCc2ncc(C=O)s2)cc1. The topological polar surface area (TPSA) is 39.2 Å². The number of ether oxygens (including phenoxy) is 1. The van der Waals surface area contributed by atoms with E-state index in [1.807, 2.05) is 31.2 Å². The van der Waals surface area contributed by atoms with Crippen LogP contribution < -0.4 is 4.74 Å². The summed E-state index contributed by atoms with van der Waals surface area (Å²) in [5.41, 5.74) is 1.20.